The van der Waals surface area contributed by atoms with Crippen molar-refractivity contribution >= 4 is 11.9 Å². The van der Waals surface area contributed by atoms with Crippen LogP contribution in [0.4, 0.5) is 0 Å². The zero-order valence-electron chi connectivity index (χ0n) is 21.6. The third kappa shape index (κ3) is 4.65. The van der Waals surface area contributed by atoms with E-state index in [1.165, 1.54) is 56.9 Å². The quantitative estimate of drug-likeness (QED) is 0.264. The Morgan fingerprint density at radius 3 is 2.52 bits per heavy atom. The molecule has 0 saturated heterocycles. The number of rotatable bonds is 6. The van der Waals surface area contributed by atoms with Gasteiger partial charge in [0.25, 0.3) is 0 Å². The summed E-state index contributed by atoms with van der Waals surface area (Å²) in [6.07, 6.45) is 15.6. The van der Waals surface area contributed by atoms with E-state index in [0.29, 0.717) is 23.2 Å². The molecule has 0 bridgehead atoms. The first-order chi connectivity index (χ1) is 15.5. The number of aliphatic carboxylic acids is 1. The molecule has 4 aliphatic rings. The van der Waals surface area contributed by atoms with E-state index in [1.54, 1.807) is 0 Å². The van der Waals surface area contributed by atoms with Gasteiger partial charge in [-0.2, -0.15) is 0 Å². The number of carboxylic acids is 1. The van der Waals surface area contributed by atoms with Crippen LogP contribution in [0.2, 0.25) is 0 Å². The molecular formula is C29H46O4. The highest BCUT2D eigenvalue weighted by Crippen LogP contribution is 2.67. The lowest BCUT2D eigenvalue weighted by molar-refractivity contribution is -0.169. The van der Waals surface area contributed by atoms with Crippen LogP contribution in [0, 0.1) is 46.3 Å². The Morgan fingerprint density at radius 2 is 1.82 bits per heavy atom. The molecule has 3 fully saturated rings. The van der Waals surface area contributed by atoms with Crippen LogP contribution in [-0.4, -0.2) is 23.1 Å². The van der Waals surface area contributed by atoms with Crippen molar-refractivity contribution in [1.82, 2.24) is 0 Å². The van der Waals surface area contributed by atoms with Crippen molar-refractivity contribution in [2.75, 3.05) is 0 Å². The Hall–Kier alpha value is -1.32. The van der Waals surface area contributed by atoms with Crippen molar-refractivity contribution < 1.29 is 19.4 Å². The van der Waals surface area contributed by atoms with Crippen LogP contribution in [-0.2, 0) is 14.3 Å². The maximum absolute atomic E-state index is 11.7. The van der Waals surface area contributed by atoms with Gasteiger partial charge in [-0.15, -0.1) is 0 Å². The Balaban J connectivity index is 1.63. The van der Waals surface area contributed by atoms with Crippen LogP contribution in [0.1, 0.15) is 105 Å². The molecule has 1 unspecified atom stereocenters. The number of hydrogen-bond donors (Lipinski definition) is 1. The molecular weight excluding hydrogens is 412 g/mol. The van der Waals surface area contributed by atoms with Crippen LogP contribution < -0.4 is 0 Å². The summed E-state index contributed by atoms with van der Waals surface area (Å²) in [5.74, 6) is 1.76. The average molecular weight is 459 g/mol. The molecule has 0 radical (unpaired) electrons. The highest BCUT2D eigenvalue weighted by Gasteiger charge is 2.58. The van der Waals surface area contributed by atoms with E-state index in [2.05, 4.69) is 40.7 Å². The molecule has 4 aliphatic carbocycles. The van der Waals surface area contributed by atoms with Crippen molar-refractivity contribution in [2.24, 2.45) is 46.3 Å². The lowest BCUT2D eigenvalue weighted by Crippen LogP contribution is -2.53. The van der Waals surface area contributed by atoms with Crippen LogP contribution in [0.5, 0.6) is 0 Å². The molecule has 8 atom stereocenters. The van der Waals surface area contributed by atoms with E-state index in [-0.39, 0.29) is 11.5 Å². The predicted octanol–water partition coefficient (Wildman–Crippen LogP) is 7.02. The van der Waals surface area contributed by atoms with E-state index in [1.807, 2.05) is 0 Å². The van der Waals surface area contributed by atoms with E-state index in [9.17, 15) is 9.59 Å². The second-order valence-corrected chi connectivity index (χ2v) is 12.9. The number of carbonyl (C=O) groups is 2. The first-order valence-corrected chi connectivity index (χ1v) is 13.7. The summed E-state index contributed by atoms with van der Waals surface area (Å²) in [5.41, 5.74) is 2.16. The van der Waals surface area contributed by atoms with Crippen molar-refractivity contribution in [1.29, 1.82) is 0 Å². The van der Waals surface area contributed by atoms with Crippen LogP contribution in [0.15, 0.2) is 11.6 Å². The number of fused-ring (bicyclic) bond motifs is 5. The maximum atomic E-state index is 11.7. The van der Waals surface area contributed by atoms with Gasteiger partial charge in [-0.25, -0.2) is 9.59 Å². The number of hydrogen-bond acceptors (Lipinski definition) is 3. The van der Waals surface area contributed by atoms with Gasteiger partial charge < -0.3 is 9.84 Å². The molecule has 4 heteroatoms. The molecule has 0 aliphatic heterocycles. The molecule has 0 aromatic heterocycles. The Labute approximate surface area is 200 Å². The van der Waals surface area contributed by atoms with Crippen molar-refractivity contribution in [3.05, 3.63) is 11.6 Å². The average Bonchev–Trinajstić information content (AvgIpc) is 3.14. The molecule has 186 valence electrons. The molecule has 4 nitrogen and oxygen atoms in total. The molecule has 0 amide bonds. The van der Waals surface area contributed by atoms with Gasteiger partial charge in [0.05, 0.1) is 0 Å². The molecule has 3 saturated carbocycles. The monoisotopic (exact) mass is 458 g/mol. The van der Waals surface area contributed by atoms with Gasteiger partial charge >= 0.3 is 11.9 Å². The SMILES string of the molecule is CC(C)CCC[C@@H](C)C1C=C2C[C@@H](OC(=O)C(=O)O)CC[C@]2(C)[C@H]2CC[C@@]3(C)CCC[C@H]3[C@H]12. The van der Waals surface area contributed by atoms with Crippen molar-refractivity contribution in [3.8, 4) is 0 Å². The van der Waals surface area contributed by atoms with E-state index < -0.39 is 11.9 Å². The molecule has 0 heterocycles. The predicted molar refractivity (Wildman–Crippen MR) is 131 cm³/mol. The van der Waals surface area contributed by atoms with Crippen LogP contribution in [0.3, 0.4) is 0 Å². The fraction of sp³-hybridized carbons (Fsp3) is 0.862. The summed E-state index contributed by atoms with van der Waals surface area (Å²) in [6.45, 7) is 12.2. The molecule has 1 N–H and O–H groups in total. The van der Waals surface area contributed by atoms with Gasteiger partial charge in [0.1, 0.15) is 6.10 Å². The fourth-order valence-corrected chi connectivity index (χ4v) is 8.58. The molecule has 4 rings (SSSR count). The maximum Gasteiger partial charge on any atom is 0.417 e. The van der Waals surface area contributed by atoms with Gasteiger partial charge in [0.15, 0.2) is 0 Å². The van der Waals surface area contributed by atoms with E-state index >= 15 is 0 Å². The van der Waals surface area contributed by atoms with Gasteiger partial charge in [-0.05, 0) is 84.9 Å². The Morgan fingerprint density at radius 1 is 1.06 bits per heavy atom. The van der Waals surface area contributed by atoms with E-state index in [0.717, 1.165) is 37.0 Å². The zero-order valence-corrected chi connectivity index (χ0v) is 21.6. The van der Waals surface area contributed by atoms with Crippen molar-refractivity contribution in [3.63, 3.8) is 0 Å². The summed E-state index contributed by atoms with van der Waals surface area (Å²) >= 11 is 0. The first-order valence-electron chi connectivity index (χ1n) is 13.7. The summed E-state index contributed by atoms with van der Waals surface area (Å²) in [7, 11) is 0. The second kappa shape index (κ2) is 9.38. The van der Waals surface area contributed by atoms with Crippen LogP contribution in [0.25, 0.3) is 0 Å². The largest absolute Gasteiger partial charge is 0.473 e. The van der Waals surface area contributed by atoms with Crippen molar-refractivity contribution in [2.45, 2.75) is 111 Å². The molecule has 33 heavy (non-hydrogen) atoms. The summed E-state index contributed by atoms with van der Waals surface area (Å²) in [6, 6.07) is 0. The topological polar surface area (TPSA) is 63.6 Å². The lowest BCUT2D eigenvalue weighted by atomic mass is 9.45. The zero-order chi connectivity index (χ0) is 24.0. The van der Waals surface area contributed by atoms with Gasteiger partial charge in [-0.1, -0.05) is 72.0 Å². The second-order valence-electron chi connectivity index (χ2n) is 12.9. The summed E-state index contributed by atoms with van der Waals surface area (Å²) in [4.78, 5) is 22.8. The normalized spacial score (nSPS) is 40.9. The summed E-state index contributed by atoms with van der Waals surface area (Å²) < 4.78 is 5.38. The number of ether oxygens (including phenoxy) is 1. The minimum atomic E-state index is -1.48. The Bertz CT molecular complexity index is 784. The van der Waals surface area contributed by atoms with Crippen LogP contribution >= 0.6 is 0 Å². The Kier molecular flexibility index (Phi) is 7.05. The molecule has 0 spiro atoms. The van der Waals surface area contributed by atoms with Gasteiger partial charge in [0, 0.05) is 6.42 Å². The molecule has 0 aromatic rings. The standard InChI is InChI=1S/C29H46O4/c1-18(2)8-6-9-19(3)22-17-20-16-21(33-27(32)26(30)31)11-15-29(20,5)24-12-14-28(4)13-7-10-23(28)25(22)24/h17-19,21-25H,6-16H2,1-5H3,(H,30,31)/t19-,21+,22?,23+,24+,25+,28-,29+/m1/s1. The third-order valence-corrected chi connectivity index (χ3v) is 10.5. The highest BCUT2D eigenvalue weighted by atomic mass is 16.6. The number of carboxylic acid groups (broad SMARTS) is 1. The summed E-state index contributed by atoms with van der Waals surface area (Å²) in [5, 5.41) is 9.01. The fourth-order valence-electron chi connectivity index (χ4n) is 8.58. The first kappa shape index (κ1) is 24.8. The van der Waals surface area contributed by atoms with E-state index in [4.69, 9.17) is 9.84 Å². The lowest BCUT2D eigenvalue weighted by Gasteiger charge is -2.60. The smallest absolute Gasteiger partial charge is 0.417 e. The van der Waals surface area contributed by atoms with Gasteiger partial charge in [0.2, 0.25) is 0 Å². The number of allylic oxidation sites excluding steroid dienone is 1. The number of carbonyl (C=O) groups excluding carboxylic acids is 1. The minimum Gasteiger partial charge on any atom is -0.473 e. The molecule has 0 aromatic carbocycles. The van der Waals surface area contributed by atoms with Gasteiger partial charge in [-0.3, -0.25) is 0 Å². The number of esters is 1. The third-order valence-electron chi connectivity index (χ3n) is 10.5. The minimum absolute atomic E-state index is 0.175. The highest BCUT2D eigenvalue weighted by molar-refractivity contribution is 6.28.